The molecule has 1 aliphatic carbocycles. The van der Waals surface area contributed by atoms with Gasteiger partial charge in [-0.15, -0.1) is 0 Å². The van der Waals surface area contributed by atoms with Crippen molar-refractivity contribution in [1.82, 2.24) is 4.90 Å². The normalized spacial score (nSPS) is 48.0. The van der Waals surface area contributed by atoms with E-state index in [0.29, 0.717) is 6.04 Å². The molecule has 3 atom stereocenters. The van der Waals surface area contributed by atoms with Gasteiger partial charge in [-0.2, -0.15) is 0 Å². The lowest BCUT2D eigenvalue weighted by atomic mass is 9.87. The van der Waals surface area contributed by atoms with Crippen LogP contribution in [0.5, 0.6) is 0 Å². The highest BCUT2D eigenvalue weighted by Crippen LogP contribution is 2.33. The van der Waals surface area contributed by atoms with Gasteiger partial charge in [0.05, 0.1) is 0 Å². The molecule has 0 amide bonds. The molecule has 1 saturated carbocycles. The Labute approximate surface area is 62.4 Å². The summed E-state index contributed by atoms with van der Waals surface area (Å²) >= 11 is 0. The average molecular weight is 140 g/mol. The zero-order valence-electron chi connectivity index (χ0n) is 6.59. The van der Waals surface area contributed by atoms with Crippen LogP contribution in [0.25, 0.3) is 0 Å². The third kappa shape index (κ3) is 0.956. The molecular formula is C8H16N2. The van der Waals surface area contributed by atoms with Crippen molar-refractivity contribution in [3.63, 3.8) is 0 Å². The molecule has 2 nitrogen and oxygen atoms in total. The fourth-order valence-electron chi connectivity index (χ4n) is 2.52. The fourth-order valence-corrected chi connectivity index (χ4v) is 2.52. The molecule has 2 heteroatoms. The van der Waals surface area contributed by atoms with E-state index in [1.54, 1.807) is 0 Å². The SMILES string of the molecule is CN1C[C@H]2C[C@H](N)C[C@@H]1C2. The maximum Gasteiger partial charge on any atom is 0.0110 e. The Kier molecular flexibility index (Phi) is 1.46. The third-order valence-electron chi connectivity index (χ3n) is 2.99. The number of nitrogens with two attached hydrogens (primary N) is 1. The average Bonchev–Trinajstić information content (AvgIpc) is 2.07. The lowest BCUT2D eigenvalue weighted by Crippen LogP contribution is -2.34. The van der Waals surface area contributed by atoms with Crippen LogP contribution in [0.1, 0.15) is 19.3 Å². The van der Waals surface area contributed by atoms with Gasteiger partial charge >= 0.3 is 0 Å². The summed E-state index contributed by atoms with van der Waals surface area (Å²) in [5.74, 6) is 0.916. The molecule has 0 unspecified atom stereocenters. The highest BCUT2D eigenvalue weighted by atomic mass is 15.2. The molecule has 10 heavy (non-hydrogen) atoms. The van der Waals surface area contributed by atoms with E-state index < -0.39 is 0 Å². The Hall–Kier alpha value is -0.0800. The summed E-state index contributed by atoms with van der Waals surface area (Å²) < 4.78 is 0. The molecule has 0 aromatic heterocycles. The Balaban J connectivity index is 2.06. The van der Waals surface area contributed by atoms with Gasteiger partial charge in [0.15, 0.2) is 0 Å². The van der Waals surface area contributed by atoms with Gasteiger partial charge in [-0.05, 0) is 32.2 Å². The number of likely N-dealkylation sites (tertiary alicyclic amines) is 1. The quantitative estimate of drug-likeness (QED) is 0.528. The van der Waals surface area contributed by atoms with Crippen LogP contribution < -0.4 is 5.73 Å². The van der Waals surface area contributed by atoms with Crippen LogP contribution in [0.3, 0.4) is 0 Å². The smallest absolute Gasteiger partial charge is 0.0110 e. The van der Waals surface area contributed by atoms with Crippen molar-refractivity contribution in [2.45, 2.75) is 31.3 Å². The van der Waals surface area contributed by atoms with E-state index >= 15 is 0 Å². The molecule has 2 rings (SSSR count). The van der Waals surface area contributed by atoms with E-state index in [9.17, 15) is 0 Å². The summed E-state index contributed by atoms with van der Waals surface area (Å²) in [7, 11) is 2.22. The minimum absolute atomic E-state index is 0.494. The van der Waals surface area contributed by atoms with Gasteiger partial charge in [0.25, 0.3) is 0 Å². The van der Waals surface area contributed by atoms with E-state index in [-0.39, 0.29) is 0 Å². The molecule has 0 spiro atoms. The Morgan fingerprint density at radius 1 is 1.30 bits per heavy atom. The Morgan fingerprint density at radius 2 is 2.10 bits per heavy atom. The molecule has 1 heterocycles. The largest absolute Gasteiger partial charge is 0.328 e. The summed E-state index contributed by atoms with van der Waals surface area (Å²) in [5, 5.41) is 0. The summed E-state index contributed by atoms with van der Waals surface area (Å²) in [5.41, 5.74) is 5.89. The summed E-state index contributed by atoms with van der Waals surface area (Å²) in [6.07, 6.45) is 3.90. The lowest BCUT2D eigenvalue weighted by Gasteiger charge is -2.25. The van der Waals surface area contributed by atoms with Crippen molar-refractivity contribution in [3.05, 3.63) is 0 Å². The molecule has 1 aliphatic heterocycles. The molecule has 2 aliphatic rings. The second-order valence-corrected chi connectivity index (χ2v) is 3.93. The first-order chi connectivity index (χ1) is 4.75. The second-order valence-electron chi connectivity index (χ2n) is 3.93. The number of hydrogen-bond acceptors (Lipinski definition) is 2. The minimum atomic E-state index is 0.494. The van der Waals surface area contributed by atoms with Crippen molar-refractivity contribution in [3.8, 4) is 0 Å². The zero-order chi connectivity index (χ0) is 7.14. The van der Waals surface area contributed by atoms with Gasteiger partial charge < -0.3 is 10.6 Å². The van der Waals surface area contributed by atoms with E-state index in [1.165, 1.54) is 25.8 Å². The minimum Gasteiger partial charge on any atom is -0.328 e. The molecule has 0 aromatic carbocycles. The van der Waals surface area contributed by atoms with E-state index in [1.807, 2.05) is 0 Å². The van der Waals surface area contributed by atoms with Gasteiger partial charge in [-0.25, -0.2) is 0 Å². The van der Waals surface area contributed by atoms with Gasteiger partial charge in [-0.3, -0.25) is 0 Å². The van der Waals surface area contributed by atoms with Crippen molar-refractivity contribution >= 4 is 0 Å². The Bertz CT molecular complexity index is 130. The predicted octanol–water partition coefficient (Wildman–Crippen LogP) is 0.428. The van der Waals surface area contributed by atoms with Crippen LogP contribution in [0.2, 0.25) is 0 Å². The van der Waals surface area contributed by atoms with Crippen LogP contribution >= 0.6 is 0 Å². The second kappa shape index (κ2) is 2.21. The van der Waals surface area contributed by atoms with Gasteiger partial charge in [0.1, 0.15) is 0 Å². The molecular weight excluding hydrogens is 124 g/mol. The fraction of sp³-hybridized carbons (Fsp3) is 1.00. The summed E-state index contributed by atoms with van der Waals surface area (Å²) in [6.45, 7) is 1.29. The van der Waals surface area contributed by atoms with Crippen molar-refractivity contribution in [1.29, 1.82) is 0 Å². The highest BCUT2D eigenvalue weighted by molar-refractivity contribution is 4.92. The number of rotatable bonds is 0. The third-order valence-corrected chi connectivity index (χ3v) is 2.99. The van der Waals surface area contributed by atoms with Gasteiger partial charge in [0, 0.05) is 18.6 Å². The predicted molar refractivity (Wildman–Crippen MR) is 41.7 cm³/mol. The number of nitrogens with zero attached hydrogens (tertiary/aromatic N) is 1. The van der Waals surface area contributed by atoms with Crippen LogP contribution in [-0.2, 0) is 0 Å². The van der Waals surface area contributed by atoms with Gasteiger partial charge in [0.2, 0.25) is 0 Å². The van der Waals surface area contributed by atoms with Crippen LogP contribution in [0, 0.1) is 5.92 Å². The Morgan fingerprint density at radius 3 is 2.80 bits per heavy atom. The maximum absolute atomic E-state index is 5.89. The molecule has 1 saturated heterocycles. The molecule has 2 N–H and O–H groups in total. The van der Waals surface area contributed by atoms with E-state index in [2.05, 4.69) is 11.9 Å². The zero-order valence-corrected chi connectivity index (χ0v) is 6.59. The number of fused-ring (bicyclic) bond motifs is 2. The monoisotopic (exact) mass is 140 g/mol. The molecule has 0 aromatic rings. The first-order valence-corrected chi connectivity index (χ1v) is 4.21. The first-order valence-electron chi connectivity index (χ1n) is 4.21. The van der Waals surface area contributed by atoms with Crippen molar-refractivity contribution in [2.75, 3.05) is 13.6 Å². The lowest BCUT2D eigenvalue weighted by molar-refractivity contribution is 0.281. The van der Waals surface area contributed by atoms with Crippen LogP contribution in [0.4, 0.5) is 0 Å². The highest BCUT2D eigenvalue weighted by Gasteiger charge is 2.35. The maximum atomic E-state index is 5.89. The standard InChI is InChI=1S/C8H16N2/c1-10-5-6-2-7(9)4-8(10)3-6/h6-8H,2-5,9H2,1H3/t6-,7-,8-/m0/s1. The van der Waals surface area contributed by atoms with Crippen LogP contribution in [-0.4, -0.2) is 30.6 Å². The molecule has 58 valence electrons. The molecule has 2 fully saturated rings. The number of hydrogen-bond donors (Lipinski definition) is 1. The van der Waals surface area contributed by atoms with E-state index in [4.69, 9.17) is 5.73 Å². The van der Waals surface area contributed by atoms with Crippen LogP contribution in [0.15, 0.2) is 0 Å². The van der Waals surface area contributed by atoms with E-state index in [0.717, 1.165) is 12.0 Å². The topological polar surface area (TPSA) is 29.3 Å². The van der Waals surface area contributed by atoms with Crippen molar-refractivity contribution in [2.24, 2.45) is 11.7 Å². The summed E-state index contributed by atoms with van der Waals surface area (Å²) in [4.78, 5) is 2.47. The first kappa shape index (κ1) is 6.62. The molecule has 2 bridgehead atoms. The molecule has 0 radical (unpaired) electrons. The van der Waals surface area contributed by atoms with Gasteiger partial charge in [-0.1, -0.05) is 0 Å². The summed E-state index contributed by atoms with van der Waals surface area (Å²) in [6, 6.07) is 1.31. The van der Waals surface area contributed by atoms with Crippen molar-refractivity contribution < 1.29 is 0 Å².